The number of likely N-dealkylation sites (N-methyl/N-ethyl adjacent to an activating group) is 1. The molecule has 3 heterocycles. The van der Waals surface area contributed by atoms with Crippen molar-refractivity contribution in [3.05, 3.63) is 11.9 Å². The van der Waals surface area contributed by atoms with E-state index in [1.54, 1.807) is 0 Å². The molecule has 0 aliphatic carbocycles. The predicted molar refractivity (Wildman–Crippen MR) is 89.1 cm³/mol. The quantitative estimate of drug-likeness (QED) is 0.885. The number of carbonyl (C=O) groups is 1. The van der Waals surface area contributed by atoms with Gasteiger partial charge < -0.3 is 19.8 Å². The number of aryl methyl sites for hydroxylation is 1. The zero-order valence-corrected chi connectivity index (χ0v) is 13.9. The first-order valence-electron chi connectivity index (χ1n) is 8.30. The van der Waals surface area contributed by atoms with Crippen molar-refractivity contribution in [1.29, 1.82) is 0 Å². The van der Waals surface area contributed by atoms with Crippen LogP contribution in [0.5, 0.6) is 0 Å². The number of carboxylic acid groups (broad SMARTS) is 1. The van der Waals surface area contributed by atoms with Gasteiger partial charge in [0.25, 0.3) is 0 Å². The molecule has 3 rings (SSSR count). The number of aromatic nitrogens is 2. The number of piperidine rings is 1. The fraction of sp³-hybridized carbons (Fsp3) is 0.688. The molecule has 0 amide bonds. The molecule has 1 N–H and O–H groups in total. The van der Waals surface area contributed by atoms with Crippen molar-refractivity contribution in [3.63, 3.8) is 0 Å². The van der Waals surface area contributed by atoms with Crippen LogP contribution in [-0.2, 0) is 4.79 Å². The molecule has 0 bridgehead atoms. The van der Waals surface area contributed by atoms with E-state index in [1.807, 2.05) is 6.92 Å². The third-order valence-corrected chi connectivity index (χ3v) is 4.81. The summed E-state index contributed by atoms with van der Waals surface area (Å²) in [5.74, 6) is 1.79. The molecular formula is C16H25N5O2. The van der Waals surface area contributed by atoms with Crippen LogP contribution in [0.15, 0.2) is 6.07 Å². The molecule has 23 heavy (non-hydrogen) atoms. The van der Waals surface area contributed by atoms with Crippen LogP contribution in [-0.4, -0.2) is 72.3 Å². The van der Waals surface area contributed by atoms with Crippen molar-refractivity contribution in [2.45, 2.75) is 19.8 Å². The third kappa shape index (κ3) is 3.72. The van der Waals surface area contributed by atoms with Crippen LogP contribution in [0.3, 0.4) is 0 Å². The fourth-order valence-corrected chi connectivity index (χ4v) is 3.25. The van der Waals surface area contributed by atoms with E-state index < -0.39 is 5.97 Å². The fourth-order valence-electron chi connectivity index (χ4n) is 3.25. The second-order valence-corrected chi connectivity index (χ2v) is 6.52. The Morgan fingerprint density at radius 1 is 1.04 bits per heavy atom. The summed E-state index contributed by atoms with van der Waals surface area (Å²) in [6, 6.07) is 2.05. The zero-order valence-electron chi connectivity index (χ0n) is 13.9. The van der Waals surface area contributed by atoms with Crippen LogP contribution < -0.4 is 9.80 Å². The zero-order chi connectivity index (χ0) is 16.4. The third-order valence-electron chi connectivity index (χ3n) is 4.81. The number of piperazine rings is 1. The standard InChI is InChI=1S/C16H25N5O2/c1-12-17-14(20-5-3-13(4-6-20)16(22)23)11-15(18-12)21-9-7-19(2)8-10-21/h11,13H,3-10H2,1-2H3,(H,22,23). The number of carboxylic acids is 1. The maximum atomic E-state index is 11.1. The first-order chi connectivity index (χ1) is 11.0. The molecule has 1 aromatic rings. The average Bonchev–Trinajstić information content (AvgIpc) is 2.55. The lowest BCUT2D eigenvalue weighted by atomic mass is 9.97. The highest BCUT2D eigenvalue weighted by molar-refractivity contribution is 5.70. The van der Waals surface area contributed by atoms with E-state index in [2.05, 4.69) is 37.8 Å². The summed E-state index contributed by atoms with van der Waals surface area (Å²) in [4.78, 5) is 27.1. The van der Waals surface area contributed by atoms with Gasteiger partial charge >= 0.3 is 5.97 Å². The van der Waals surface area contributed by atoms with Crippen LogP contribution in [0.4, 0.5) is 11.6 Å². The summed E-state index contributed by atoms with van der Waals surface area (Å²) >= 11 is 0. The Bertz CT molecular complexity index is 564. The minimum atomic E-state index is -0.679. The van der Waals surface area contributed by atoms with Crippen LogP contribution in [0.2, 0.25) is 0 Å². The molecule has 2 aliphatic rings. The maximum absolute atomic E-state index is 11.1. The first kappa shape index (κ1) is 16.0. The SMILES string of the molecule is Cc1nc(N2CCC(C(=O)O)CC2)cc(N2CCN(C)CC2)n1. The topological polar surface area (TPSA) is 72.8 Å². The Morgan fingerprint density at radius 3 is 2.09 bits per heavy atom. The van der Waals surface area contributed by atoms with Gasteiger partial charge in [0, 0.05) is 45.3 Å². The highest BCUT2D eigenvalue weighted by Crippen LogP contribution is 2.25. The largest absolute Gasteiger partial charge is 0.481 e. The molecule has 2 saturated heterocycles. The number of hydrogen-bond acceptors (Lipinski definition) is 6. The summed E-state index contributed by atoms with van der Waals surface area (Å²) in [6.45, 7) is 7.46. The smallest absolute Gasteiger partial charge is 0.306 e. The molecule has 7 heteroatoms. The van der Waals surface area contributed by atoms with Gasteiger partial charge in [-0.1, -0.05) is 0 Å². The van der Waals surface area contributed by atoms with Crippen LogP contribution in [0.25, 0.3) is 0 Å². The van der Waals surface area contributed by atoms with E-state index in [9.17, 15) is 4.79 Å². The molecule has 0 radical (unpaired) electrons. The van der Waals surface area contributed by atoms with Crippen molar-refractivity contribution in [2.75, 3.05) is 56.1 Å². The molecule has 1 aromatic heterocycles. The molecule has 0 unspecified atom stereocenters. The molecule has 126 valence electrons. The van der Waals surface area contributed by atoms with Gasteiger partial charge in [0.15, 0.2) is 0 Å². The second kappa shape index (κ2) is 6.70. The predicted octanol–water partition coefficient (Wildman–Crippen LogP) is 0.838. The van der Waals surface area contributed by atoms with Gasteiger partial charge in [-0.3, -0.25) is 4.79 Å². The van der Waals surface area contributed by atoms with E-state index in [4.69, 9.17) is 5.11 Å². The number of anilines is 2. The average molecular weight is 319 g/mol. The van der Waals surface area contributed by atoms with Gasteiger partial charge in [-0.25, -0.2) is 9.97 Å². The van der Waals surface area contributed by atoms with Crippen molar-refractivity contribution < 1.29 is 9.90 Å². The molecule has 0 atom stereocenters. The highest BCUT2D eigenvalue weighted by atomic mass is 16.4. The monoisotopic (exact) mass is 319 g/mol. The molecule has 0 aromatic carbocycles. The molecule has 0 saturated carbocycles. The maximum Gasteiger partial charge on any atom is 0.306 e. The first-order valence-corrected chi connectivity index (χ1v) is 8.30. The van der Waals surface area contributed by atoms with Gasteiger partial charge in [0.2, 0.25) is 0 Å². The summed E-state index contributed by atoms with van der Waals surface area (Å²) < 4.78 is 0. The lowest BCUT2D eigenvalue weighted by molar-refractivity contribution is -0.142. The lowest BCUT2D eigenvalue weighted by Gasteiger charge is -2.35. The highest BCUT2D eigenvalue weighted by Gasteiger charge is 2.26. The lowest BCUT2D eigenvalue weighted by Crippen LogP contribution is -2.45. The van der Waals surface area contributed by atoms with E-state index in [1.165, 1.54) is 0 Å². The van der Waals surface area contributed by atoms with Gasteiger partial charge in [-0.2, -0.15) is 0 Å². The van der Waals surface area contributed by atoms with Gasteiger partial charge in [-0.05, 0) is 26.8 Å². The number of hydrogen-bond donors (Lipinski definition) is 1. The minimum absolute atomic E-state index is 0.216. The minimum Gasteiger partial charge on any atom is -0.481 e. The van der Waals surface area contributed by atoms with Crippen LogP contribution in [0.1, 0.15) is 18.7 Å². The van der Waals surface area contributed by atoms with E-state index in [-0.39, 0.29) is 5.92 Å². The van der Waals surface area contributed by atoms with Crippen molar-refractivity contribution in [2.24, 2.45) is 5.92 Å². The number of rotatable bonds is 3. The van der Waals surface area contributed by atoms with Gasteiger partial charge in [0.05, 0.1) is 5.92 Å². The van der Waals surface area contributed by atoms with Crippen LogP contribution in [0, 0.1) is 12.8 Å². The van der Waals surface area contributed by atoms with E-state index >= 15 is 0 Å². The van der Waals surface area contributed by atoms with Gasteiger partial charge in [-0.15, -0.1) is 0 Å². The van der Waals surface area contributed by atoms with Gasteiger partial charge in [0.1, 0.15) is 17.5 Å². The molecule has 0 spiro atoms. The van der Waals surface area contributed by atoms with Crippen LogP contribution >= 0.6 is 0 Å². The summed E-state index contributed by atoms with van der Waals surface area (Å²) in [5.41, 5.74) is 0. The second-order valence-electron chi connectivity index (χ2n) is 6.52. The summed E-state index contributed by atoms with van der Waals surface area (Å²) in [6.07, 6.45) is 1.37. The van der Waals surface area contributed by atoms with Crippen molar-refractivity contribution >= 4 is 17.6 Å². The molecule has 7 nitrogen and oxygen atoms in total. The Labute approximate surface area is 136 Å². The van der Waals surface area contributed by atoms with Crippen molar-refractivity contribution in [1.82, 2.24) is 14.9 Å². The Balaban J connectivity index is 1.72. The summed E-state index contributed by atoms with van der Waals surface area (Å²) in [5, 5.41) is 9.12. The Hall–Kier alpha value is -1.89. The van der Waals surface area contributed by atoms with E-state index in [0.29, 0.717) is 12.8 Å². The number of aliphatic carboxylic acids is 1. The van der Waals surface area contributed by atoms with Crippen molar-refractivity contribution in [3.8, 4) is 0 Å². The summed E-state index contributed by atoms with van der Waals surface area (Å²) in [7, 11) is 2.14. The molecule has 2 fully saturated rings. The van der Waals surface area contributed by atoms with E-state index in [0.717, 1.165) is 56.7 Å². The number of nitrogens with zero attached hydrogens (tertiary/aromatic N) is 5. The molecule has 2 aliphatic heterocycles. The molecular weight excluding hydrogens is 294 g/mol. The Kier molecular flexibility index (Phi) is 4.66. The Morgan fingerprint density at radius 2 is 1.57 bits per heavy atom. The normalized spacial score (nSPS) is 20.8.